The smallest absolute Gasteiger partial charge is 0.179 e. The van der Waals surface area contributed by atoms with Gasteiger partial charge in [-0.05, 0) is 43.5 Å². The highest BCUT2D eigenvalue weighted by atomic mass is 35.5. The summed E-state index contributed by atoms with van der Waals surface area (Å²) in [7, 11) is 3.26. The molecule has 0 spiro atoms. The summed E-state index contributed by atoms with van der Waals surface area (Å²) in [5.41, 5.74) is 1.11. The Labute approximate surface area is 131 Å². The van der Waals surface area contributed by atoms with Gasteiger partial charge in [-0.3, -0.25) is 4.90 Å². The summed E-state index contributed by atoms with van der Waals surface area (Å²) in [5.74, 6) is 2.86. The van der Waals surface area contributed by atoms with E-state index >= 15 is 0 Å². The number of fused-ring (bicyclic) bond motifs is 1. The number of hydrogen-bond acceptors (Lipinski definition) is 4. The lowest BCUT2D eigenvalue weighted by Gasteiger charge is -2.25. The number of benzene rings is 1. The maximum Gasteiger partial charge on any atom is 0.179 e. The molecule has 1 N–H and O–H groups in total. The van der Waals surface area contributed by atoms with E-state index in [1.165, 1.54) is 0 Å². The molecule has 3 atom stereocenters. The first kappa shape index (κ1) is 14.9. The van der Waals surface area contributed by atoms with Crippen LogP contribution in [0.1, 0.15) is 12.5 Å². The fourth-order valence-corrected chi connectivity index (χ4v) is 4.03. The summed E-state index contributed by atoms with van der Waals surface area (Å²) in [6.45, 7) is 6.62. The van der Waals surface area contributed by atoms with Gasteiger partial charge in [-0.1, -0.05) is 17.7 Å². The predicted molar refractivity (Wildman–Crippen MR) is 84.3 cm³/mol. The lowest BCUT2D eigenvalue weighted by molar-refractivity contribution is 0.231. The van der Waals surface area contributed by atoms with Crippen molar-refractivity contribution >= 4 is 11.6 Å². The van der Waals surface area contributed by atoms with Crippen molar-refractivity contribution in [1.29, 1.82) is 0 Å². The van der Waals surface area contributed by atoms with Crippen LogP contribution in [0.4, 0.5) is 0 Å². The first-order chi connectivity index (χ1) is 10.2. The molecule has 3 rings (SSSR count). The molecular weight excluding hydrogens is 288 g/mol. The first-order valence-corrected chi connectivity index (χ1v) is 7.87. The third-order valence-electron chi connectivity index (χ3n) is 5.00. The molecule has 2 heterocycles. The van der Waals surface area contributed by atoms with E-state index in [1.807, 2.05) is 12.1 Å². The van der Waals surface area contributed by atoms with Crippen LogP contribution >= 0.6 is 11.6 Å². The fourth-order valence-electron chi connectivity index (χ4n) is 3.74. The molecule has 0 saturated carbocycles. The molecule has 2 fully saturated rings. The van der Waals surface area contributed by atoms with Gasteiger partial charge in [0.2, 0.25) is 0 Å². The zero-order valence-electron chi connectivity index (χ0n) is 12.9. The molecule has 2 saturated heterocycles. The topological polar surface area (TPSA) is 33.7 Å². The minimum absolute atomic E-state index is 0.592. The van der Waals surface area contributed by atoms with Crippen molar-refractivity contribution in [2.75, 3.05) is 33.9 Å². The van der Waals surface area contributed by atoms with Gasteiger partial charge < -0.3 is 14.8 Å². The zero-order valence-corrected chi connectivity index (χ0v) is 13.6. The highest BCUT2D eigenvalue weighted by Gasteiger charge is 2.41. The van der Waals surface area contributed by atoms with Gasteiger partial charge in [-0.25, -0.2) is 0 Å². The summed E-state index contributed by atoms with van der Waals surface area (Å²) >= 11 is 6.50. The highest BCUT2D eigenvalue weighted by Crippen LogP contribution is 2.39. The van der Waals surface area contributed by atoms with Gasteiger partial charge in [-0.15, -0.1) is 0 Å². The second-order valence-corrected chi connectivity index (χ2v) is 6.40. The molecule has 0 amide bonds. The Balaban J connectivity index is 1.79. The Morgan fingerprint density at radius 3 is 2.76 bits per heavy atom. The van der Waals surface area contributed by atoms with Crippen LogP contribution in [0.2, 0.25) is 5.02 Å². The molecule has 5 heteroatoms. The van der Waals surface area contributed by atoms with E-state index in [0.717, 1.165) is 43.6 Å². The van der Waals surface area contributed by atoms with Crippen LogP contribution in [0.3, 0.4) is 0 Å². The normalized spacial score (nSPS) is 28.7. The van der Waals surface area contributed by atoms with Crippen molar-refractivity contribution in [3.05, 3.63) is 22.7 Å². The Hall–Kier alpha value is -0.970. The van der Waals surface area contributed by atoms with E-state index in [2.05, 4.69) is 17.1 Å². The quantitative estimate of drug-likeness (QED) is 0.926. The van der Waals surface area contributed by atoms with E-state index in [0.29, 0.717) is 22.6 Å². The number of halogens is 1. The van der Waals surface area contributed by atoms with Gasteiger partial charge in [0.05, 0.1) is 19.2 Å². The van der Waals surface area contributed by atoms with Gasteiger partial charge in [0.25, 0.3) is 0 Å². The molecule has 4 nitrogen and oxygen atoms in total. The maximum atomic E-state index is 6.50. The second-order valence-electron chi connectivity index (χ2n) is 6.03. The van der Waals surface area contributed by atoms with E-state index in [-0.39, 0.29) is 0 Å². The maximum absolute atomic E-state index is 6.50. The zero-order chi connectivity index (χ0) is 15.0. The van der Waals surface area contributed by atoms with Crippen molar-refractivity contribution in [2.45, 2.75) is 19.5 Å². The molecule has 2 aliphatic rings. The van der Waals surface area contributed by atoms with Crippen LogP contribution in [0, 0.1) is 11.8 Å². The minimum atomic E-state index is 0.592. The number of likely N-dealkylation sites (tertiary alicyclic amines) is 1. The van der Waals surface area contributed by atoms with E-state index in [9.17, 15) is 0 Å². The molecule has 2 aliphatic heterocycles. The first-order valence-electron chi connectivity index (χ1n) is 7.49. The summed E-state index contributed by atoms with van der Waals surface area (Å²) in [6, 6.07) is 4.57. The van der Waals surface area contributed by atoms with Crippen LogP contribution in [0.15, 0.2) is 12.1 Å². The lowest BCUT2D eigenvalue weighted by atomic mass is 9.95. The van der Waals surface area contributed by atoms with Gasteiger partial charge in [0.1, 0.15) is 0 Å². The molecule has 1 aromatic rings. The van der Waals surface area contributed by atoms with Crippen molar-refractivity contribution in [3.63, 3.8) is 0 Å². The van der Waals surface area contributed by atoms with E-state index in [4.69, 9.17) is 21.1 Å². The average molecular weight is 311 g/mol. The number of ether oxygens (including phenoxy) is 2. The Morgan fingerprint density at radius 2 is 2.10 bits per heavy atom. The third kappa shape index (κ3) is 2.60. The monoisotopic (exact) mass is 310 g/mol. The summed E-state index contributed by atoms with van der Waals surface area (Å²) in [6.07, 6.45) is 0. The van der Waals surface area contributed by atoms with Gasteiger partial charge >= 0.3 is 0 Å². The van der Waals surface area contributed by atoms with Gasteiger partial charge in [-0.2, -0.15) is 0 Å². The van der Waals surface area contributed by atoms with Crippen LogP contribution in [0.25, 0.3) is 0 Å². The number of hydrogen-bond donors (Lipinski definition) is 1. The van der Waals surface area contributed by atoms with Crippen LogP contribution < -0.4 is 14.8 Å². The molecule has 0 aliphatic carbocycles. The van der Waals surface area contributed by atoms with Crippen molar-refractivity contribution in [1.82, 2.24) is 10.2 Å². The molecule has 0 aromatic heterocycles. The van der Waals surface area contributed by atoms with Crippen LogP contribution in [-0.2, 0) is 6.54 Å². The largest absolute Gasteiger partial charge is 0.493 e. The summed E-state index contributed by atoms with van der Waals surface area (Å²) < 4.78 is 10.7. The number of rotatable bonds is 4. The second kappa shape index (κ2) is 6.03. The molecule has 21 heavy (non-hydrogen) atoms. The molecule has 116 valence electrons. The van der Waals surface area contributed by atoms with E-state index < -0.39 is 0 Å². The number of methoxy groups -OCH3 is 2. The summed E-state index contributed by atoms with van der Waals surface area (Å²) in [4.78, 5) is 2.53. The fraction of sp³-hybridized carbons (Fsp3) is 0.625. The molecule has 3 unspecified atom stereocenters. The Kier molecular flexibility index (Phi) is 4.29. The number of nitrogens with one attached hydrogen (secondary N) is 1. The molecule has 1 aromatic carbocycles. The van der Waals surface area contributed by atoms with Crippen LogP contribution in [0.5, 0.6) is 11.5 Å². The standard InChI is InChI=1S/C16H23ClN2O2/c1-10-13-7-18-6-12(13)9-19(10)8-11-4-5-14(20-2)16(21-3)15(11)17/h4-5,10,12-13,18H,6-9H2,1-3H3. The summed E-state index contributed by atoms with van der Waals surface area (Å²) in [5, 5.41) is 4.16. The Bertz CT molecular complexity index is 523. The minimum Gasteiger partial charge on any atom is -0.493 e. The molecule has 0 radical (unpaired) electrons. The third-order valence-corrected chi connectivity index (χ3v) is 5.41. The Morgan fingerprint density at radius 1 is 1.29 bits per heavy atom. The average Bonchev–Trinajstić information content (AvgIpc) is 3.05. The van der Waals surface area contributed by atoms with Crippen molar-refractivity contribution in [3.8, 4) is 11.5 Å². The number of nitrogens with zero attached hydrogens (tertiary/aromatic N) is 1. The van der Waals surface area contributed by atoms with Gasteiger partial charge in [0.15, 0.2) is 11.5 Å². The lowest BCUT2D eigenvalue weighted by Crippen LogP contribution is -2.32. The highest BCUT2D eigenvalue weighted by molar-refractivity contribution is 6.33. The molecule has 0 bridgehead atoms. The van der Waals surface area contributed by atoms with Crippen LogP contribution in [-0.4, -0.2) is 44.8 Å². The van der Waals surface area contributed by atoms with Gasteiger partial charge in [0, 0.05) is 19.1 Å². The SMILES string of the molecule is COc1ccc(CN2CC3CNCC3C2C)c(Cl)c1OC. The molecular formula is C16H23ClN2O2. The van der Waals surface area contributed by atoms with E-state index in [1.54, 1.807) is 14.2 Å². The van der Waals surface area contributed by atoms with Crippen molar-refractivity contribution < 1.29 is 9.47 Å². The van der Waals surface area contributed by atoms with Crippen molar-refractivity contribution in [2.24, 2.45) is 11.8 Å². The predicted octanol–water partition coefficient (Wildman–Crippen LogP) is 2.40.